The van der Waals surface area contributed by atoms with Crippen molar-refractivity contribution in [3.05, 3.63) is 41.6 Å². The molecule has 2 aromatic carbocycles. The Morgan fingerprint density at radius 3 is 2.41 bits per heavy atom. The molecule has 34 heavy (non-hydrogen) atoms. The van der Waals surface area contributed by atoms with Crippen molar-refractivity contribution in [3.63, 3.8) is 0 Å². The lowest BCUT2D eigenvalue weighted by Crippen LogP contribution is -2.50. The Bertz CT molecular complexity index is 1240. The molecule has 2 heterocycles. The van der Waals surface area contributed by atoms with E-state index in [0.29, 0.717) is 54.5 Å². The first-order valence-corrected chi connectivity index (χ1v) is 11.2. The molecule has 180 valence electrons. The molecule has 1 fully saturated rings. The molecule has 1 saturated heterocycles. The number of benzene rings is 2. The number of aromatic nitrogens is 2. The summed E-state index contributed by atoms with van der Waals surface area (Å²) in [5.41, 5.74) is 15.8. The van der Waals surface area contributed by atoms with Gasteiger partial charge in [-0.05, 0) is 57.5 Å². The van der Waals surface area contributed by atoms with E-state index in [0.717, 1.165) is 16.5 Å². The molecule has 1 aromatic heterocycles. The van der Waals surface area contributed by atoms with Gasteiger partial charge in [0.05, 0.1) is 34.3 Å². The monoisotopic (exact) mass is 465 g/mol. The molecule has 0 spiro atoms. The number of carbonyl (C=O) groups excluding carboxylic acids is 2. The van der Waals surface area contributed by atoms with Crippen LogP contribution >= 0.6 is 0 Å². The molecule has 1 aliphatic heterocycles. The smallest absolute Gasteiger partial charge is 0.410 e. The number of aromatic amines is 1. The van der Waals surface area contributed by atoms with E-state index < -0.39 is 5.60 Å². The third-order valence-corrected chi connectivity index (χ3v) is 5.75. The average molecular weight is 466 g/mol. The van der Waals surface area contributed by atoms with Crippen LogP contribution in [-0.2, 0) is 4.74 Å². The highest BCUT2D eigenvalue weighted by molar-refractivity contribution is 6.10. The molecule has 0 aliphatic carbocycles. The van der Waals surface area contributed by atoms with Gasteiger partial charge in [-0.1, -0.05) is 0 Å². The molecule has 4 rings (SSSR count). The van der Waals surface area contributed by atoms with Gasteiger partial charge in [0.15, 0.2) is 0 Å². The van der Waals surface area contributed by atoms with Crippen LogP contribution in [0.2, 0.25) is 0 Å². The molecular weight excluding hydrogens is 434 g/mol. The molecule has 10 nitrogen and oxygen atoms in total. The predicted molar refractivity (Wildman–Crippen MR) is 134 cm³/mol. The lowest BCUT2D eigenvalue weighted by atomic mass is 10.1. The molecule has 0 unspecified atom stereocenters. The minimum atomic E-state index is -0.553. The number of piperazine rings is 1. The zero-order valence-corrected chi connectivity index (χ0v) is 19.9. The van der Waals surface area contributed by atoms with Crippen LogP contribution in [0.1, 0.15) is 36.7 Å². The molecule has 1 aliphatic rings. The third kappa shape index (κ3) is 4.85. The zero-order valence-electron chi connectivity index (χ0n) is 19.9. The van der Waals surface area contributed by atoms with Crippen LogP contribution < -0.4 is 21.7 Å². The van der Waals surface area contributed by atoms with Gasteiger partial charge in [-0.2, -0.15) is 5.10 Å². The molecule has 6 N–H and O–H groups in total. The van der Waals surface area contributed by atoms with Crippen molar-refractivity contribution >= 4 is 45.7 Å². The summed E-state index contributed by atoms with van der Waals surface area (Å²) in [5, 5.41) is 10.9. The van der Waals surface area contributed by atoms with Crippen molar-refractivity contribution in [1.29, 1.82) is 0 Å². The van der Waals surface area contributed by atoms with E-state index in [9.17, 15) is 9.59 Å². The molecule has 3 aromatic rings. The highest BCUT2D eigenvalue weighted by Crippen LogP contribution is 2.31. The van der Waals surface area contributed by atoms with Crippen LogP contribution in [0.15, 0.2) is 30.5 Å². The van der Waals surface area contributed by atoms with Crippen molar-refractivity contribution in [3.8, 4) is 0 Å². The maximum absolute atomic E-state index is 13.4. The quantitative estimate of drug-likeness (QED) is 0.434. The van der Waals surface area contributed by atoms with Gasteiger partial charge in [-0.25, -0.2) is 4.79 Å². The van der Waals surface area contributed by atoms with Gasteiger partial charge in [0, 0.05) is 37.3 Å². The van der Waals surface area contributed by atoms with Crippen LogP contribution in [-0.4, -0.2) is 58.9 Å². The lowest BCUT2D eigenvalue weighted by molar-refractivity contribution is 0.0240. The first-order chi connectivity index (χ1) is 16.0. The Morgan fingerprint density at radius 1 is 1.06 bits per heavy atom. The predicted octanol–water partition coefficient (Wildman–Crippen LogP) is 3.35. The normalized spacial score (nSPS) is 14.4. The first-order valence-electron chi connectivity index (χ1n) is 11.2. The maximum atomic E-state index is 13.4. The Kier molecular flexibility index (Phi) is 5.99. The first kappa shape index (κ1) is 23.2. The Balaban J connectivity index is 1.55. The summed E-state index contributed by atoms with van der Waals surface area (Å²) < 4.78 is 5.48. The number of nitrogens with zero attached hydrogens (tertiary/aromatic N) is 3. The zero-order chi connectivity index (χ0) is 24.6. The summed E-state index contributed by atoms with van der Waals surface area (Å²) in [5.74, 6) is -0.293. The molecule has 0 radical (unpaired) electrons. The number of rotatable bonds is 3. The molecule has 2 amide bonds. The molecule has 0 atom stereocenters. The minimum Gasteiger partial charge on any atom is -0.444 e. The van der Waals surface area contributed by atoms with Crippen molar-refractivity contribution < 1.29 is 14.3 Å². The largest absolute Gasteiger partial charge is 0.444 e. The second kappa shape index (κ2) is 8.77. The van der Waals surface area contributed by atoms with E-state index in [-0.39, 0.29) is 12.0 Å². The number of ether oxygens (including phenoxy) is 1. The Hall–Kier alpha value is -3.95. The second-order valence-electron chi connectivity index (χ2n) is 9.53. The Labute approximate surface area is 198 Å². The molecular formula is C24H31N7O3. The van der Waals surface area contributed by atoms with Gasteiger partial charge in [0.25, 0.3) is 5.91 Å². The van der Waals surface area contributed by atoms with Crippen LogP contribution in [0.3, 0.4) is 0 Å². The third-order valence-electron chi connectivity index (χ3n) is 5.75. The fourth-order valence-corrected chi connectivity index (χ4v) is 3.95. The fourth-order valence-electron chi connectivity index (χ4n) is 3.95. The highest BCUT2D eigenvalue weighted by atomic mass is 16.6. The van der Waals surface area contributed by atoms with Crippen molar-refractivity contribution in [2.75, 3.05) is 47.9 Å². The fraction of sp³-hybridized carbons (Fsp3) is 0.375. The maximum Gasteiger partial charge on any atom is 0.410 e. The van der Waals surface area contributed by atoms with E-state index >= 15 is 0 Å². The Morgan fingerprint density at radius 2 is 1.74 bits per heavy atom. The van der Waals surface area contributed by atoms with E-state index in [2.05, 4.69) is 15.5 Å². The topological polar surface area (TPSA) is 143 Å². The second-order valence-corrected chi connectivity index (χ2v) is 9.53. The van der Waals surface area contributed by atoms with Gasteiger partial charge in [0.2, 0.25) is 0 Å². The number of H-pyrrole nitrogens is 1. The van der Waals surface area contributed by atoms with Gasteiger partial charge in [0.1, 0.15) is 5.60 Å². The standard InChI is InChI=1S/C24H31N7O3/c1-14-9-15-13-27-29-20(15)12-19(14)28-22(32)16-10-17(25)18(26)11-21(16)30-5-7-31(8-6-30)23(33)34-24(2,3)4/h9-13H,5-8,25-26H2,1-4H3,(H,27,29)(H,28,32). The number of nitrogen functional groups attached to an aromatic ring is 2. The molecule has 10 heteroatoms. The van der Waals surface area contributed by atoms with Gasteiger partial charge in [-0.15, -0.1) is 0 Å². The summed E-state index contributed by atoms with van der Waals surface area (Å²) in [4.78, 5) is 29.5. The van der Waals surface area contributed by atoms with E-state index in [1.165, 1.54) is 0 Å². The number of nitrogens with one attached hydrogen (secondary N) is 2. The summed E-state index contributed by atoms with van der Waals surface area (Å²) in [6, 6.07) is 7.14. The van der Waals surface area contributed by atoms with Crippen LogP contribution in [0.5, 0.6) is 0 Å². The number of nitrogens with two attached hydrogens (primary N) is 2. The average Bonchev–Trinajstić information content (AvgIpc) is 3.21. The van der Waals surface area contributed by atoms with Crippen molar-refractivity contribution in [1.82, 2.24) is 15.1 Å². The van der Waals surface area contributed by atoms with E-state index in [1.54, 1.807) is 23.2 Å². The van der Waals surface area contributed by atoms with E-state index in [1.807, 2.05) is 44.7 Å². The van der Waals surface area contributed by atoms with Crippen molar-refractivity contribution in [2.24, 2.45) is 0 Å². The van der Waals surface area contributed by atoms with E-state index in [4.69, 9.17) is 16.2 Å². The number of anilines is 4. The number of fused-ring (bicyclic) bond motifs is 1. The molecule has 0 bridgehead atoms. The summed E-state index contributed by atoms with van der Waals surface area (Å²) in [6.07, 6.45) is 1.40. The summed E-state index contributed by atoms with van der Waals surface area (Å²) in [7, 11) is 0. The van der Waals surface area contributed by atoms with Gasteiger partial charge in [-0.3, -0.25) is 9.89 Å². The van der Waals surface area contributed by atoms with Crippen LogP contribution in [0.4, 0.5) is 27.5 Å². The van der Waals surface area contributed by atoms with Gasteiger partial charge < -0.3 is 31.3 Å². The SMILES string of the molecule is Cc1cc2cn[nH]c2cc1NC(=O)c1cc(N)c(N)cc1N1CCN(C(=O)OC(C)(C)C)CC1. The number of aryl methyl sites for hydroxylation is 1. The van der Waals surface area contributed by atoms with Crippen LogP contribution in [0, 0.1) is 6.92 Å². The lowest BCUT2D eigenvalue weighted by Gasteiger charge is -2.37. The highest BCUT2D eigenvalue weighted by Gasteiger charge is 2.28. The number of hydrogen-bond donors (Lipinski definition) is 4. The number of amides is 2. The minimum absolute atomic E-state index is 0.293. The molecule has 0 saturated carbocycles. The number of hydrogen-bond acceptors (Lipinski definition) is 7. The van der Waals surface area contributed by atoms with Gasteiger partial charge >= 0.3 is 6.09 Å². The van der Waals surface area contributed by atoms with Crippen molar-refractivity contribution in [2.45, 2.75) is 33.3 Å². The summed E-state index contributed by atoms with van der Waals surface area (Å²) in [6.45, 7) is 9.45. The van der Waals surface area contributed by atoms with Crippen LogP contribution in [0.25, 0.3) is 10.9 Å². The summed E-state index contributed by atoms with van der Waals surface area (Å²) >= 11 is 0. The number of carbonyl (C=O) groups is 2.